The summed E-state index contributed by atoms with van der Waals surface area (Å²) in [5, 5.41) is 6.81. The molecule has 0 radical (unpaired) electrons. The topological polar surface area (TPSA) is 102 Å². The number of carbonyl (C=O) groups is 2. The first kappa shape index (κ1) is 33.6. The van der Waals surface area contributed by atoms with Gasteiger partial charge in [-0.1, -0.05) is 54.1 Å². The second-order valence-electron chi connectivity index (χ2n) is 12.5. The Hall–Kier alpha value is -4.34. The molecule has 2 aromatic heterocycles. The van der Waals surface area contributed by atoms with Gasteiger partial charge in [0, 0.05) is 65.2 Å². The molecule has 2 aromatic carbocycles. The summed E-state index contributed by atoms with van der Waals surface area (Å²) in [5.41, 5.74) is 4.78. The van der Waals surface area contributed by atoms with Crippen molar-refractivity contribution in [2.75, 3.05) is 20.8 Å². The van der Waals surface area contributed by atoms with Crippen molar-refractivity contribution in [3.05, 3.63) is 82.6 Å². The zero-order chi connectivity index (χ0) is 33.6. The van der Waals surface area contributed by atoms with Gasteiger partial charge in [-0.25, -0.2) is 14.4 Å². The van der Waals surface area contributed by atoms with Crippen molar-refractivity contribution in [3.8, 4) is 45.4 Å². The molecule has 48 heavy (non-hydrogen) atoms. The highest BCUT2D eigenvalue weighted by molar-refractivity contribution is 6.36. The van der Waals surface area contributed by atoms with Crippen LogP contribution in [0.2, 0.25) is 5.02 Å². The van der Waals surface area contributed by atoms with E-state index in [0.29, 0.717) is 87.9 Å². The molecule has 1 aliphatic heterocycles. The maximum absolute atomic E-state index is 16.3. The van der Waals surface area contributed by atoms with E-state index in [0.717, 1.165) is 49.8 Å². The van der Waals surface area contributed by atoms with Gasteiger partial charge in [0.1, 0.15) is 11.6 Å². The van der Waals surface area contributed by atoms with E-state index in [-0.39, 0.29) is 11.9 Å². The van der Waals surface area contributed by atoms with Crippen LogP contribution in [-0.4, -0.2) is 48.5 Å². The van der Waals surface area contributed by atoms with Gasteiger partial charge in [-0.05, 0) is 62.8 Å². The molecule has 2 atom stereocenters. The van der Waals surface area contributed by atoms with E-state index in [2.05, 4.69) is 15.6 Å². The van der Waals surface area contributed by atoms with Crippen LogP contribution in [0.1, 0.15) is 56.1 Å². The number of pyridine rings is 2. The number of Topliss-reactive ketones (excluding diaryl/α,β-unsaturated/α-hetero) is 1. The molecule has 3 heterocycles. The number of rotatable bonds is 13. The van der Waals surface area contributed by atoms with Crippen molar-refractivity contribution in [2.24, 2.45) is 5.92 Å². The quantitative estimate of drug-likeness (QED) is 0.153. The van der Waals surface area contributed by atoms with Crippen LogP contribution in [0.3, 0.4) is 0 Å². The van der Waals surface area contributed by atoms with Gasteiger partial charge in [0.05, 0.1) is 30.6 Å². The first-order valence-corrected chi connectivity index (χ1v) is 16.9. The Labute approximate surface area is 285 Å². The first-order chi connectivity index (χ1) is 23.3. The maximum atomic E-state index is 16.3. The molecule has 2 fully saturated rings. The molecule has 1 saturated heterocycles. The number of hydrogen-bond donors (Lipinski definition) is 2. The highest BCUT2D eigenvalue weighted by atomic mass is 35.5. The Morgan fingerprint density at radius 3 is 2.21 bits per heavy atom. The van der Waals surface area contributed by atoms with E-state index in [1.165, 1.54) is 0 Å². The Kier molecular flexibility index (Phi) is 10.7. The number of amides is 1. The molecule has 2 N–H and O–H groups in total. The van der Waals surface area contributed by atoms with Gasteiger partial charge in [0.15, 0.2) is 0 Å². The largest absolute Gasteiger partial charge is 0.481 e. The lowest BCUT2D eigenvalue weighted by atomic mass is 9.97. The van der Waals surface area contributed by atoms with Gasteiger partial charge in [-0.2, -0.15) is 0 Å². The number of nitrogens with zero attached hydrogens (tertiary/aromatic N) is 2. The second-order valence-corrected chi connectivity index (χ2v) is 12.9. The Balaban J connectivity index is 1.20. The van der Waals surface area contributed by atoms with Crippen LogP contribution >= 0.6 is 11.6 Å². The van der Waals surface area contributed by atoms with Crippen LogP contribution in [0.25, 0.3) is 33.6 Å². The Morgan fingerprint density at radius 2 is 1.52 bits per heavy atom. The third kappa shape index (κ3) is 7.53. The van der Waals surface area contributed by atoms with E-state index in [9.17, 15) is 9.59 Å². The van der Waals surface area contributed by atoms with Crippen molar-refractivity contribution in [1.29, 1.82) is 0 Å². The number of aryl methyl sites for hydroxylation is 1. The average molecular weight is 671 g/mol. The molecule has 4 aromatic rings. The predicted octanol–water partition coefficient (Wildman–Crippen LogP) is 7.35. The summed E-state index contributed by atoms with van der Waals surface area (Å²) in [6.07, 6.45) is 6.27. The highest BCUT2D eigenvalue weighted by Gasteiger charge is 2.23. The molecule has 0 bridgehead atoms. The van der Waals surface area contributed by atoms with Gasteiger partial charge in [-0.15, -0.1) is 0 Å². The molecular weight excluding hydrogens is 631 g/mol. The Bertz CT molecular complexity index is 1680. The number of aromatic nitrogens is 2. The van der Waals surface area contributed by atoms with E-state index >= 15 is 4.39 Å². The number of nitrogens with one attached hydrogen (secondary N) is 2. The molecule has 8 nitrogen and oxygen atoms in total. The number of ketones is 1. The van der Waals surface area contributed by atoms with Gasteiger partial charge in [0.25, 0.3) is 0 Å². The minimum Gasteiger partial charge on any atom is -0.481 e. The van der Waals surface area contributed by atoms with Gasteiger partial charge in [0.2, 0.25) is 17.7 Å². The van der Waals surface area contributed by atoms with Gasteiger partial charge in [-0.3, -0.25) is 9.59 Å². The molecule has 2 aliphatic rings. The summed E-state index contributed by atoms with van der Waals surface area (Å²) in [6.45, 7) is 1.29. The first-order valence-electron chi connectivity index (χ1n) is 16.5. The molecule has 1 amide bonds. The standard InChI is InChI=1S/C38H40ClFN4O4/c1-47-37-24(6-3-7-26-15-19-34(46)42-26)13-17-32(43-37)30-10-4-8-28(35(30)39)29-9-5-11-31(36(29)40)33-18-14-25(38(44-33)48-2)22-41-21-23-12-16-27(45)20-23/h4-5,8-11,13-14,17-18,23,26,41H,3,6-7,12,15-16,19-22H2,1-2H3,(H,42,46)/t23-,26-/m1/s1. The van der Waals surface area contributed by atoms with E-state index < -0.39 is 5.82 Å². The van der Waals surface area contributed by atoms with Crippen LogP contribution in [0, 0.1) is 11.7 Å². The average Bonchev–Trinajstić information content (AvgIpc) is 3.72. The van der Waals surface area contributed by atoms with E-state index in [1.54, 1.807) is 44.6 Å². The Morgan fingerprint density at radius 1 is 0.854 bits per heavy atom. The smallest absolute Gasteiger partial charge is 0.220 e. The van der Waals surface area contributed by atoms with Crippen molar-refractivity contribution in [3.63, 3.8) is 0 Å². The lowest BCUT2D eigenvalue weighted by molar-refractivity contribution is -0.119. The van der Waals surface area contributed by atoms with E-state index in [1.807, 2.05) is 30.3 Å². The zero-order valence-corrected chi connectivity index (χ0v) is 28.0. The minimum absolute atomic E-state index is 0.125. The molecule has 1 saturated carbocycles. The van der Waals surface area contributed by atoms with Crippen molar-refractivity contribution < 1.29 is 23.5 Å². The predicted molar refractivity (Wildman–Crippen MR) is 185 cm³/mol. The SMILES string of the molecule is COc1nc(-c2cccc(-c3cccc(-c4ccc(CCC[C@@H]5CCC(=O)N5)c(OC)n4)c3Cl)c2F)ccc1CNC[C@@H]1CCC(=O)C1. The van der Waals surface area contributed by atoms with Crippen molar-refractivity contribution in [2.45, 2.75) is 64.0 Å². The number of benzene rings is 2. The third-order valence-corrected chi connectivity index (χ3v) is 9.69. The number of methoxy groups -OCH3 is 2. The van der Waals surface area contributed by atoms with Crippen molar-refractivity contribution in [1.82, 2.24) is 20.6 Å². The molecule has 10 heteroatoms. The fraction of sp³-hybridized carbons (Fsp3) is 0.368. The molecule has 0 spiro atoms. The lowest BCUT2D eigenvalue weighted by Crippen LogP contribution is -2.25. The number of ether oxygens (including phenoxy) is 2. The molecule has 250 valence electrons. The maximum Gasteiger partial charge on any atom is 0.220 e. The fourth-order valence-electron chi connectivity index (χ4n) is 6.70. The van der Waals surface area contributed by atoms with Crippen LogP contribution in [-0.2, 0) is 22.6 Å². The second kappa shape index (κ2) is 15.3. The summed E-state index contributed by atoms with van der Waals surface area (Å²) in [6, 6.07) is 18.5. The van der Waals surface area contributed by atoms with Crippen LogP contribution in [0.15, 0.2) is 60.7 Å². The highest BCUT2D eigenvalue weighted by Crippen LogP contribution is 2.40. The fourth-order valence-corrected chi connectivity index (χ4v) is 7.03. The zero-order valence-electron chi connectivity index (χ0n) is 27.3. The summed E-state index contributed by atoms with van der Waals surface area (Å²) < 4.78 is 27.5. The number of hydrogen-bond acceptors (Lipinski definition) is 7. The number of halogens is 2. The van der Waals surface area contributed by atoms with Gasteiger partial charge < -0.3 is 20.1 Å². The summed E-state index contributed by atoms with van der Waals surface area (Å²) in [4.78, 5) is 32.5. The monoisotopic (exact) mass is 670 g/mol. The molecular formula is C38H40ClFN4O4. The van der Waals surface area contributed by atoms with Crippen LogP contribution in [0.5, 0.6) is 11.8 Å². The van der Waals surface area contributed by atoms with Crippen LogP contribution in [0.4, 0.5) is 4.39 Å². The normalized spacial score (nSPS) is 17.5. The molecule has 1 aliphatic carbocycles. The van der Waals surface area contributed by atoms with Gasteiger partial charge >= 0.3 is 0 Å². The molecule has 0 unspecified atom stereocenters. The van der Waals surface area contributed by atoms with Crippen molar-refractivity contribution >= 4 is 23.3 Å². The lowest BCUT2D eigenvalue weighted by Gasteiger charge is -2.15. The summed E-state index contributed by atoms with van der Waals surface area (Å²) in [7, 11) is 3.15. The third-order valence-electron chi connectivity index (χ3n) is 9.28. The summed E-state index contributed by atoms with van der Waals surface area (Å²) in [5.74, 6) is 1.31. The van der Waals surface area contributed by atoms with Crippen LogP contribution < -0.4 is 20.1 Å². The van der Waals surface area contributed by atoms with E-state index in [4.69, 9.17) is 26.1 Å². The number of carbonyl (C=O) groups excluding carboxylic acids is 2. The minimum atomic E-state index is -0.442. The summed E-state index contributed by atoms with van der Waals surface area (Å²) >= 11 is 6.98. The molecule has 6 rings (SSSR count).